The molecule has 1 amide bonds. The topological polar surface area (TPSA) is 54.0 Å². The van der Waals surface area contributed by atoms with Gasteiger partial charge in [0.15, 0.2) is 0 Å². The first-order chi connectivity index (χ1) is 7.27. The summed E-state index contributed by atoms with van der Waals surface area (Å²) in [5.41, 5.74) is 1.41. The summed E-state index contributed by atoms with van der Waals surface area (Å²) in [6.45, 7) is 5.52. The van der Waals surface area contributed by atoms with Gasteiger partial charge in [-0.15, -0.1) is 0 Å². The van der Waals surface area contributed by atoms with E-state index >= 15 is 0 Å². The lowest BCUT2D eigenvalue weighted by atomic mass is 10.3. The summed E-state index contributed by atoms with van der Waals surface area (Å²) in [4.78, 5) is 15.5. The Morgan fingerprint density at radius 2 is 2.20 bits per heavy atom. The number of nitrogens with zero attached hydrogens (tertiary/aromatic N) is 1. The fourth-order valence-electron chi connectivity index (χ4n) is 1.15. The Bertz CT molecular complexity index is 308. The summed E-state index contributed by atoms with van der Waals surface area (Å²) in [7, 11) is 0. The molecule has 4 nitrogen and oxygen atoms in total. The molecular formula is C11H17N3O. The number of rotatable bonds is 5. The van der Waals surface area contributed by atoms with E-state index < -0.39 is 0 Å². The van der Waals surface area contributed by atoms with E-state index in [2.05, 4.69) is 22.5 Å². The van der Waals surface area contributed by atoms with Gasteiger partial charge < -0.3 is 10.6 Å². The predicted octanol–water partition coefficient (Wildman–Crippen LogP) is 1.65. The van der Waals surface area contributed by atoms with Crippen molar-refractivity contribution in [1.82, 2.24) is 10.3 Å². The highest BCUT2D eigenvalue weighted by Gasteiger charge is 2.04. The molecule has 15 heavy (non-hydrogen) atoms. The molecule has 1 aromatic rings. The van der Waals surface area contributed by atoms with E-state index in [-0.39, 0.29) is 5.91 Å². The summed E-state index contributed by atoms with van der Waals surface area (Å²) in [5, 5.41) is 5.90. The van der Waals surface area contributed by atoms with E-state index in [1.54, 1.807) is 12.3 Å². The molecule has 0 saturated carbocycles. The lowest BCUT2D eigenvalue weighted by Gasteiger charge is -2.05. The molecule has 0 bridgehead atoms. The van der Waals surface area contributed by atoms with Crippen molar-refractivity contribution in [3.05, 3.63) is 24.0 Å². The summed E-state index contributed by atoms with van der Waals surface area (Å²) in [6, 6.07) is 3.59. The highest BCUT2D eigenvalue weighted by Crippen LogP contribution is 2.05. The van der Waals surface area contributed by atoms with Crippen molar-refractivity contribution in [2.24, 2.45) is 0 Å². The Morgan fingerprint density at radius 3 is 2.73 bits per heavy atom. The number of aromatic nitrogens is 1. The Kier molecular flexibility index (Phi) is 4.60. The molecule has 0 fully saturated rings. The predicted molar refractivity (Wildman–Crippen MR) is 61.0 cm³/mol. The number of anilines is 1. The van der Waals surface area contributed by atoms with Crippen LogP contribution in [-0.2, 0) is 0 Å². The number of carbonyl (C=O) groups excluding carboxylic acids is 1. The van der Waals surface area contributed by atoms with E-state index in [1.807, 2.05) is 13.0 Å². The van der Waals surface area contributed by atoms with Crippen LogP contribution in [0.2, 0.25) is 0 Å². The van der Waals surface area contributed by atoms with Crippen LogP contribution in [0.15, 0.2) is 18.3 Å². The minimum Gasteiger partial charge on any atom is -0.384 e. The first-order valence-corrected chi connectivity index (χ1v) is 5.26. The SMILES string of the molecule is CCCNc1ccc(C(=O)NCC)nc1. The summed E-state index contributed by atoms with van der Waals surface area (Å²) in [5.74, 6) is -0.125. The second-order valence-corrected chi connectivity index (χ2v) is 3.22. The van der Waals surface area contributed by atoms with Crippen molar-refractivity contribution in [2.45, 2.75) is 20.3 Å². The molecule has 0 saturated heterocycles. The van der Waals surface area contributed by atoms with E-state index in [1.165, 1.54) is 0 Å². The minimum absolute atomic E-state index is 0.125. The molecule has 2 N–H and O–H groups in total. The molecule has 0 aromatic carbocycles. The van der Waals surface area contributed by atoms with Gasteiger partial charge in [-0.2, -0.15) is 0 Å². The van der Waals surface area contributed by atoms with Crippen LogP contribution in [0.5, 0.6) is 0 Å². The maximum absolute atomic E-state index is 11.4. The van der Waals surface area contributed by atoms with Crippen LogP contribution >= 0.6 is 0 Å². The van der Waals surface area contributed by atoms with Gasteiger partial charge >= 0.3 is 0 Å². The van der Waals surface area contributed by atoms with Gasteiger partial charge in [0.1, 0.15) is 5.69 Å². The van der Waals surface area contributed by atoms with Gasteiger partial charge in [0.25, 0.3) is 5.91 Å². The molecule has 0 unspecified atom stereocenters. The van der Waals surface area contributed by atoms with E-state index in [0.29, 0.717) is 12.2 Å². The molecular weight excluding hydrogens is 190 g/mol. The molecule has 0 aliphatic carbocycles. The lowest BCUT2D eigenvalue weighted by Crippen LogP contribution is -2.23. The summed E-state index contributed by atoms with van der Waals surface area (Å²) in [6.07, 6.45) is 2.75. The monoisotopic (exact) mass is 207 g/mol. The second kappa shape index (κ2) is 6.01. The first kappa shape index (κ1) is 11.5. The highest BCUT2D eigenvalue weighted by atomic mass is 16.1. The van der Waals surface area contributed by atoms with Crippen LogP contribution in [-0.4, -0.2) is 24.0 Å². The number of hydrogen-bond acceptors (Lipinski definition) is 3. The fraction of sp³-hybridized carbons (Fsp3) is 0.455. The van der Waals surface area contributed by atoms with Crippen LogP contribution in [0.4, 0.5) is 5.69 Å². The highest BCUT2D eigenvalue weighted by molar-refractivity contribution is 5.92. The third-order valence-corrected chi connectivity index (χ3v) is 1.91. The standard InChI is InChI=1S/C11H17N3O/c1-3-7-13-9-5-6-10(14-8-9)11(15)12-4-2/h5-6,8,13H,3-4,7H2,1-2H3,(H,12,15). The molecule has 0 aliphatic heterocycles. The largest absolute Gasteiger partial charge is 0.384 e. The number of hydrogen-bond donors (Lipinski definition) is 2. The number of nitrogens with one attached hydrogen (secondary N) is 2. The van der Waals surface area contributed by atoms with Gasteiger partial charge in [0, 0.05) is 13.1 Å². The van der Waals surface area contributed by atoms with Gasteiger partial charge in [-0.1, -0.05) is 6.92 Å². The summed E-state index contributed by atoms with van der Waals surface area (Å²) >= 11 is 0. The van der Waals surface area contributed by atoms with Gasteiger partial charge in [0.2, 0.25) is 0 Å². The van der Waals surface area contributed by atoms with Gasteiger partial charge in [-0.25, -0.2) is 4.98 Å². The number of amides is 1. The zero-order chi connectivity index (χ0) is 11.1. The van der Waals surface area contributed by atoms with E-state index in [4.69, 9.17) is 0 Å². The molecule has 1 rings (SSSR count). The fourth-order valence-corrected chi connectivity index (χ4v) is 1.15. The summed E-state index contributed by atoms with van der Waals surface area (Å²) < 4.78 is 0. The van der Waals surface area contributed by atoms with Crippen LogP contribution < -0.4 is 10.6 Å². The van der Waals surface area contributed by atoms with Crippen LogP contribution in [0.3, 0.4) is 0 Å². The molecule has 1 heterocycles. The average Bonchev–Trinajstić information content (AvgIpc) is 2.27. The van der Waals surface area contributed by atoms with Crippen molar-refractivity contribution < 1.29 is 4.79 Å². The van der Waals surface area contributed by atoms with Crippen molar-refractivity contribution in [3.63, 3.8) is 0 Å². The molecule has 0 radical (unpaired) electrons. The quantitative estimate of drug-likeness (QED) is 0.772. The number of pyridine rings is 1. The normalized spacial score (nSPS) is 9.73. The third-order valence-electron chi connectivity index (χ3n) is 1.91. The molecule has 0 spiro atoms. The smallest absolute Gasteiger partial charge is 0.269 e. The molecule has 0 aliphatic rings. The van der Waals surface area contributed by atoms with E-state index in [9.17, 15) is 4.79 Å². The molecule has 82 valence electrons. The van der Waals surface area contributed by atoms with Crippen LogP contribution in [0, 0.1) is 0 Å². The Hall–Kier alpha value is -1.58. The Labute approximate surface area is 90.1 Å². The number of carbonyl (C=O) groups is 1. The first-order valence-electron chi connectivity index (χ1n) is 5.26. The molecule has 0 atom stereocenters. The Morgan fingerprint density at radius 1 is 1.40 bits per heavy atom. The van der Waals surface area contributed by atoms with Crippen molar-refractivity contribution in [1.29, 1.82) is 0 Å². The van der Waals surface area contributed by atoms with Gasteiger partial charge in [-0.05, 0) is 25.5 Å². The lowest BCUT2D eigenvalue weighted by molar-refractivity contribution is 0.0951. The third kappa shape index (κ3) is 3.58. The maximum Gasteiger partial charge on any atom is 0.269 e. The van der Waals surface area contributed by atoms with Crippen LogP contribution in [0.25, 0.3) is 0 Å². The average molecular weight is 207 g/mol. The second-order valence-electron chi connectivity index (χ2n) is 3.22. The van der Waals surface area contributed by atoms with Crippen LogP contribution in [0.1, 0.15) is 30.8 Å². The minimum atomic E-state index is -0.125. The molecule has 1 aromatic heterocycles. The zero-order valence-corrected chi connectivity index (χ0v) is 9.21. The van der Waals surface area contributed by atoms with Gasteiger partial charge in [-0.3, -0.25) is 4.79 Å². The van der Waals surface area contributed by atoms with Gasteiger partial charge in [0.05, 0.1) is 11.9 Å². The van der Waals surface area contributed by atoms with Crippen molar-refractivity contribution in [3.8, 4) is 0 Å². The Balaban J connectivity index is 2.59. The zero-order valence-electron chi connectivity index (χ0n) is 9.21. The van der Waals surface area contributed by atoms with Crippen molar-refractivity contribution >= 4 is 11.6 Å². The maximum atomic E-state index is 11.4. The van der Waals surface area contributed by atoms with E-state index in [0.717, 1.165) is 18.7 Å². The molecule has 4 heteroatoms. The van der Waals surface area contributed by atoms with Crippen molar-refractivity contribution in [2.75, 3.05) is 18.4 Å².